The minimum atomic E-state index is -4.30. The molecule has 0 bridgehead atoms. The van der Waals surface area contributed by atoms with E-state index in [0.717, 1.165) is 4.88 Å². The third-order valence-electron chi connectivity index (χ3n) is 2.33. The Balaban J connectivity index is 2.33. The standard InChI is InChI=1S/C12H10F3NS2/c13-12(14,15)18-9-5-2-1-4-8(9)11(16)10-6-3-7-17-10/h1-7,11H,16H2/t11-/m0/s1. The van der Waals surface area contributed by atoms with Gasteiger partial charge in [-0.15, -0.1) is 11.3 Å². The number of hydrogen-bond donors (Lipinski definition) is 1. The van der Waals surface area contributed by atoms with E-state index in [9.17, 15) is 13.2 Å². The highest BCUT2D eigenvalue weighted by Crippen LogP contribution is 2.40. The average molecular weight is 289 g/mol. The molecule has 2 aromatic rings. The second kappa shape index (κ2) is 5.34. The lowest BCUT2D eigenvalue weighted by Crippen LogP contribution is -2.12. The summed E-state index contributed by atoms with van der Waals surface area (Å²) >= 11 is 1.31. The van der Waals surface area contributed by atoms with Crippen LogP contribution in [0.3, 0.4) is 0 Å². The highest BCUT2D eigenvalue weighted by molar-refractivity contribution is 8.00. The fraction of sp³-hybridized carbons (Fsp3) is 0.167. The summed E-state index contributed by atoms with van der Waals surface area (Å²) in [5, 5.41) is 1.86. The summed E-state index contributed by atoms with van der Waals surface area (Å²) < 4.78 is 37.4. The van der Waals surface area contributed by atoms with Crippen LogP contribution in [0.1, 0.15) is 16.5 Å². The molecule has 0 aliphatic rings. The molecule has 2 rings (SSSR count). The summed E-state index contributed by atoms with van der Waals surface area (Å²) in [4.78, 5) is 1.01. The van der Waals surface area contributed by atoms with Crippen LogP contribution >= 0.6 is 23.1 Å². The molecule has 96 valence electrons. The maximum atomic E-state index is 12.5. The summed E-state index contributed by atoms with van der Waals surface area (Å²) in [7, 11) is 0. The Morgan fingerprint density at radius 2 is 1.83 bits per heavy atom. The first kappa shape index (κ1) is 13.5. The van der Waals surface area contributed by atoms with Gasteiger partial charge in [-0.2, -0.15) is 13.2 Å². The van der Waals surface area contributed by atoms with E-state index in [4.69, 9.17) is 5.73 Å². The molecule has 1 heterocycles. The molecular formula is C12H10F3NS2. The average Bonchev–Trinajstić information content (AvgIpc) is 2.80. The summed E-state index contributed by atoms with van der Waals surface area (Å²) in [5.74, 6) is 0. The molecule has 0 fully saturated rings. The van der Waals surface area contributed by atoms with Crippen molar-refractivity contribution < 1.29 is 13.2 Å². The number of hydrogen-bond acceptors (Lipinski definition) is 3. The second-order valence-corrected chi connectivity index (χ2v) is 5.66. The number of nitrogens with two attached hydrogens (primary N) is 1. The highest BCUT2D eigenvalue weighted by Gasteiger charge is 2.31. The van der Waals surface area contributed by atoms with Crippen LogP contribution in [0.4, 0.5) is 13.2 Å². The minimum Gasteiger partial charge on any atom is -0.320 e. The van der Waals surface area contributed by atoms with Crippen LogP contribution in [0.15, 0.2) is 46.7 Å². The fourth-order valence-corrected chi connectivity index (χ4v) is 3.03. The van der Waals surface area contributed by atoms with Gasteiger partial charge >= 0.3 is 5.51 Å². The van der Waals surface area contributed by atoms with Gasteiger partial charge in [0.05, 0.1) is 6.04 Å². The van der Waals surface area contributed by atoms with E-state index in [1.54, 1.807) is 18.2 Å². The molecule has 0 amide bonds. The van der Waals surface area contributed by atoms with Crippen LogP contribution in [-0.4, -0.2) is 5.51 Å². The molecule has 6 heteroatoms. The molecule has 0 aliphatic heterocycles. The number of rotatable bonds is 3. The van der Waals surface area contributed by atoms with Crippen LogP contribution < -0.4 is 5.73 Å². The third-order valence-corrected chi connectivity index (χ3v) is 4.11. The van der Waals surface area contributed by atoms with Crippen LogP contribution in [0.25, 0.3) is 0 Å². The van der Waals surface area contributed by atoms with Crippen molar-refractivity contribution in [3.05, 3.63) is 52.2 Å². The first-order valence-corrected chi connectivity index (χ1v) is 6.80. The molecule has 1 aromatic heterocycles. The first-order chi connectivity index (χ1) is 8.47. The number of benzene rings is 1. The molecule has 0 spiro atoms. The predicted molar refractivity (Wildman–Crippen MR) is 68.7 cm³/mol. The molecule has 0 saturated heterocycles. The molecule has 0 unspecified atom stereocenters. The summed E-state index contributed by atoms with van der Waals surface area (Å²) in [5.41, 5.74) is 2.21. The number of thiophene rings is 1. The summed E-state index contributed by atoms with van der Waals surface area (Å²) in [6.45, 7) is 0. The van der Waals surface area contributed by atoms with Gasteiger partial charge in [-0.3, -0.25) is 0 Å². The van der Waals surface area contributed by atoms with Gasteiger partial charge in [-0.05, 0) is 34.8 Å². The van der Waals surface area contributed by atoms with Crippen molar-refractivity contribution in [1.82, 2.24) is 0 Å². The van der Waals surface area contributed by atoms with Crippen LogP contribution in [0, 0.1) is 0 Å². The fourth-order valence-electron chi connectivity index (χ4n) is 1.58. The van der Waals surface area contributed by atoms with Gasteiger partial charge in [0.15, 0.2) is 0 Å². The lowest BCUT2D eigenvalue weighted by molar-refractivity contribution is -0.0328. The van der Waals surface area contributed by atoms with E-state index in [1.165, 1.54) is 17.4 Å². The van der Waals surface area contributed by atoms with Gasteiger partial charge in [0, 0.05) is 9.77 Å². The van der Waals surface area contributed by atoms with Crippen molar-refractivity contribution >= 4 is 23.1 Å². The quantitative estimate of drug-likeness (QED) is 0.847. The van der Waals surface area contributed by atoms with Crippen molar-refractivity contribution in [1.29, 1.82) is 0 Å². The molecule has 0 radical (unpaired) electrons. The Morgan fingerprint density at radius 3 is 2.44 bits per heavy atom. The molecule has 1 nitrogen and oxygen atoms in total. The maximum absolute atomic E-state index is 12.5. The molecule has 1 atom stereocenters. The number of thioether (sulfide) groups is 1. The van der Waals surface area contributed by atoms with Gasteiger partial charge in [0.1, 0.15) is 0 Å². The van der Waals surface area contributed by atoms with Crippen LogP contribution in [-0.2, 0) is 0 Å². The Hall–Kier alpha value is -0.980. The Bertz CT molecular complexity index is 508. The molecule has 1 aromatic carbocycles. The van der Waals surface area contributed by atoms with Crippen molar-refractivity contribution in [2.24, 2.45) is 5.73 Å². The normalized spacial score (nSPS) is 13.6. The van der Waals surface area contributed by atoms with Gasteiger partial charge < -0.3 is 5.73 Å². The lowest BCUT2D eigenvalue weighted by Gasteiger charge is -2.15. The van der Waals surface area contributed by atoms with Crippen molar-refractivity contribution in [3.63, 3.8) is 0 Å². The molecule has 2 N–H and O–H groups in total. The van der Waals surface area contributed by atoms with Crippen LogP contribution in [0.5, 0.6) is 0 Å². The monoisotopic (exact) mass is 289 g/mol. The Morgan fingerprint density at radius 1 is 1.11 bits per heavy atom. The zero-order valence-electron chi connectivity index (χ0n) is 9.15. The van der Waals surface area contributed by atoms with Crippen molar-refractivity contribution in [2.45, 2.75) is 16.4 Å². The molecule has 0 aliphatic carbocycles. The molecule has 18 heavy (non-hydrogen) atoms. The highest BCUT2D eigenvalue weighted by atomic mass is 32.2. The smallest absolute Gasteiger partial charge is 0.320 e. The largest absolute Gasteiger partial charge is 0.446 e. The van der Waals surface area contributed by atoms with Gasteiger partial charge in [-0.25, -0.2) is 0 Å². The van der Waals surface area contributed by atoms with E-state index in [1.807, 2.05) is 17.5 Å². The zero-order valence-corrected chi connectivity index (χ0v) is 10.8. The van der Waals surface area contributed by atoms with Crippen molar-refractivity contribution in [2.75, 3.05) is 0 Å². The van der Waals surface area contributed by atoms with E-state index >= 15 is 0 Å². The van der Waals surface area contributed by atoms with Crippen molar-refractivity contribution in [3.8, 4) is 0 Å². The van der Waals surface area contributed by atoms with Gasteiger partial charge in [0.2, 0.25) is 0 Å². The van der Waals surface area contributed by atoms with E-state index < -0.39 is 11.6 Å². The van der Waals surface area contributed by atoms with Crippen LogP contribution in [0.2, 0.25) is 0 Å². The van der Waals surface area contributed by atoms with Gasteiger partial charge in [0.25, 0.3) is 0 Å². The minimum absolute atomic E-state index is 0.122. The topological polar surface area (TPSA) is 26.0 Å². The predicted octanol–water partition coefficient (Wildman–Crippen LogP) is 4.41. The van der Waals surface area contributed by atoms with E-state index in [0.29, 0.717) is 5.56 Å². The summed E-state index contributed by atoms with van der Waals surface area (Å²) in [6, 6.07) is 9.50. The molecular weight excluding hydrogens is 279 g/mol. The third kappa shape index (κ3) is 3.28. The van der Waals surface area contributed by atoms with Gasteiger partial charge in [-0.1, -0.05) is 24.3 Å². The van der Waals surface area contributed by atoms with E-state index in [-0.39, 0.29) is 16.7 Å². The molecule has 0 saturated carbocycles. The number of halogens is 3. The summed E-state index contributed by atoms with van der Waals surface area (Å²) in [6.07, 6.45) is 0. The Kier molecular flexibility index (Phi) is 3.99. The first-order valence-electron chi connectivity index (χ1n) is 5.11. The number of alkyl halides is 3. The second-order valence-electron chi connectivity index (χ2n) is 3.58. The van der Waals surface area contributed by atoms with E-state index in [2.05, 4.69) is 0 Å². The SMILES string of the molecule is N[C@H](c1cccs1)c1ccccc1SC(F)(F)F. The zero-order chi connectivity index (χ0) is 13.2. The maximum Gasteiger partial charge on any atom is 0.446 e. The lowest BCUT2D eigenvalue weighted by atomic mass is 10.1. The Labute approximate surface area is 111 Å².